The van der Waals surface area contributed by atoms with E-state index in [2.05, 4.69) is 5.32 Å². The van der Waals surface area contributed by atoms with E-state index in [-0.39, 0.29) is 11.6 Å². The van der Waals surface area contributed by atoms with Crippen LogP contribution in [0.2, 0.25) is 0 Å². The topological polar surface area (TPSA) is 56.0 Å². The van der Waals surface area contributed by atoms with Gasteiger partial charge in [0, 0.05) is 11.7 Å². The average Bonchev–Trinajstić information content (AvgIpc) is 2.20. The van der Waals surface area contributed by atoms with Crippen molar-refractivity contribution in [2.75, 3.05) is 5.32 Å². The summed E-state index contributed by atoms with van der Waals surface area (Å²) in [6.07, 6.45) is -0.513. The third-order valence-electron chi connectivity index (χ3n) is 2.20. The van der Waals surface area contributed by atoms with Gasteiger partial charge in [-0.15, -0.1) is 0 Å². The first-order valence-electron chi connectivity index (χ1n) is 4.69. The molecule has 1 rings (SSSR count). The number of aliphatic hydroxyl groups excluding tert-OH is 1. The van der Waals surface area contributed by atoms with Crippen LogP contribution in [0.3, 0.4) is 0 Å². The van der Waals surface area contributed by atoms with E-state index in [1.807, 2.05) is 0 Å². The van der Waals surface area contributed by atoms with Crippen LogP contribution in [-0.2, 0) is 0 Å². The number of benzene rings is 1. The molecule has 4 heteroatoms. The van der Waals surface area contributed by atoms with Gasteiger partial charge in [0.15, 0.2) is 0 Å². The molecule has 0 radical (unpaired) electrons. The maximum Gasteiger partial charge on any atom is 0.141 e. The van der Waals surface area contributed by atoms with Gasteiger partial charge in [0.2, 0.25) is 0 Å². The third kappa shape index (κ3) is 2.93. The lowest BCUT2D eigenvalue weighted by atomic mass is 10.1. The number of nitrogens with one attached hydrogen (secondary N) is 1. The summed E-state index contributed by atoms with van der Waals surface area (Å²) < 4.78 is 13.0. The van der Waals surface area contributed by atoms with Gasteiger partial charge in [-0.25, -0.2) is 4.39 Å². The number of aliphatic hydroxyl groups is 1. The van der Waals surface area contributed by atoms with Crippen molar-refractivity contribution in [1.29, 1.82) is 5.26 Å². The molecule has 0 fully saturated rings. The van der Waals surface area contributed by atoms with Crippen molar-refractivity contribution in [3.05, 3.63) is 29.6 Å². The molecule has 0 saturated heterocycles. The molecule has 80 valence electrons. The number of anilines is 1. The van der Waals surface area contributed by atoms with Gasteiger partial charge in [-0.05, 0) is 32.0 Å². The van der Waals surface area contributed by atoms with Crippen molar-refractivity contribution in [1.82, 2.24) is 0 Å². The average molecular weight is 208 g/mol. The lowest BCUT2D eigenvalue weighted by Gasteiger charge is -2.17. The molecule has 2 unspecified atom stereocenters. The summed E-state index contributed by atoms with van der Waals surface area (Å²) in [6, 6.07) is 5.80. The highest BCUT2D eigenvalue weighted by Gasteiger charge is 2.09. The van der Waals surface area contributed by atoms with E-state index < -0.39 is 11.9 Å². The number of nitrogens with zero attached hydrogens (tertiary/aromatic N) is 1. The minimum atomic E-state index is -0.534. The van der Waals surface area contributed by atoms with Crippen LogP contribution in [0.5, 0.6) is 0 Å². The largest absolute Gasteiger partial charge is 0.391 e. The normalized spacial score (nSPS) is 14.1. The Balaban J connectivity index is 2.84. The summed E-state index contributed by atoms with van der Waals surface area (Å²) in [4.78, 5) is 0. The molecule has 1 aromatic carbocycles. The fraction of sp³-hybridized carbons (Fsp3) is 0.364. The molecular weight excluding hydrogens is 195 g/mol. The van der Waals surface area contributed by atoms with Crippen LogP contribution in [0, 0.1) is 17.1 Å². The molecule has 0 amide bonds. The predicted molar refractivity (Wildman–Crippen MR) is 55.9 cm³/mol. The van der Waals surface area contributed by atoms with Crippen molar-refractivity contribution >= 4 is 5.69 Å². The van der Waals surface area contributed by atoms with Crippen LogP contribution in [0.15, 0.2) is 18.2 Å². The number of rotatable bonds is 3. The summed E-state index contributed by atoms with van der Waals surface area (Å²) in [5.41, 5.74) is 0.624. The van der Waals surface area contributed by atoms with Crippen molar-refractivity contribution < 1.29 is 9.50 Å². The quantitative estimate of drug-likeness (QED) is 0.797. The molecule has 0 bridgehead atoms. The van der Waals surface area contributed by atoms with E-state index in [9.17, 15) is 9.50 Å². The zero-order chi connectivity index (χ0) is 11.4. The van der Waals surface area contributed by atoms with Crippen molar-refractivity contribution in [2.24, 2.45) is 0 Å². The SMILES string of the molecule is CC(O)C(C)Nc1ccc(F)c(C#N)c1. The highest BCUT2D eigenvalue weighted by Crippen LogP contribution is 2.15. The summed E-state index contributed by atoms with van der Waals surface area (Å²) >= 11 is 0. The molecule has 15 heavy (non-hydrogen) atoms. The lowest BCUT2D eigenvalue weighted by molar-refractivity contribution is 0.178. The second-order valence-electron chi connectivity index (χ2n) is 3.48. The molecule has 0 heterocycles. The molecule has 2 N–H and O–H groups in total. The first kappa shape index (κ1) is 11.5. The molecule has 3 nitrogen and oxygen atoms in total. The zero-order valence-corrected chi connectivity index (χ0v) is 8.66. The van der Waals surface area contributed by atoms with E-state index in [4.69, 9.17) is 5.26 Å². The van der Waals surface area contributed by atoms with Gasteiger partial charge in [-0.1, -0.05) is 0 Å². The number of hydrogen-bond acceptors (Lipinski definition) is 3. The first-order chi connectivity index (χ1) is 7.04. The Kier molecular flexibility index (Phi) is 3.64. The van der Waals surface area contributed by atoms with Crippen LogP contribution in [0.4, 0.5) is 10.1 Å². The zero-order valence-electron chi connectivity index (χ0n) is 8.66. The minimum Gasteiger partial charge on any atom is -0.391 e. The van der Waals surface area contributed by atoms with Crippen LogP contribution in [-0.4, -0.2) is 17.3 Å². The lowest BCUT2D eigenvalue weighted by Crippen LogP contribution is -2.27. The Morgan fingerprint density at radius 3 is 2.67 bits per heavy atom. The fourth-order valence-corrected chi connectivity index (χ4v) is 1.08. The van der Waals surface area contributed by atoms with Gasteiger partial charge in [-0.2, -0.15) is 5.26 Å². The van der Waals surface area contributed by atoms with Crippen LogP contribution >= 0.6 is 0 Å². The Bertz CT molecular complexity index is 385. The molecule has 0 aromatic heterocycles. The number of hydrogen-bond donors (Lipinski definition) is 2. The first-order valence-corrected chi connectivity index (χ1v) is 4.69. The van der Waals surface area contributed by atoms with Crippen LogP contribution in [0.1, 0.15) is 19.4 Å². The van der Waals surface area contributed by atoms with Gasteiger partial charge in [0.1, 0.15) is 11.9 Å². The summed E-state index contributed by atoms with van der Waals surface area (Å²) in [7, 11) is 0. The summed E-state index contributed by atoms with van der Waals surface area (Å²) in [5.74, 6) is -0.534. The van der Waals surface area contributed by atoms with Crippen molar-refractivity contribution in [3.63, 3.8) is 0 Å². The minimum absolute atomic E-state index is 0.00204. The number of halogens is 1. The van der Waals surface area contributed by atoms with E-state index in [0.717, 1.165) is 0 Å². The molecule has 0 spiro atoms. The monoisotopic (exact) mass is 208 g/mol. The van der Waals surface area contributed by atoms with Crippen LogP contribution in [0.25, 0.3) is 0 Å². The molecule has 0 aliphatic rings. The number of nitriles is 1. The van der Waals surface area contributed by atoms with E-state index >= 15 is 0 Å². The van der Waals surface area contributed by atoms with Gasteiger partial charge < -0.3 is 10.4 Å². The van der Waals surface area contributed by atoms with Crippen LogP contribution < -0.4 is 5.32 Å². The Morgan fingerprint density at radius 2 is 2.13 bits per heavy atom. The van der Waals surface area contributed by atoms with Gasteiger partial charge >= 0.3 is 0 Å². The predicted octanol–water partition coefficient (Wildman–Crippen LogP) is 1.88. The Labute approximate surface area is 88.2 Å². The van der Waals surface area contributed by atoms with Gasteiger partial charge in [0.05, 0.1) is 11.7 Å². The molecule has 2 atom stereocenters. The Morgan fingerprint density at radius 1 is 1.47 bits per heavy atom. The third-order valence-corrected chi connectivity index (χ3v) is 2.20. The maximum atomic E-state index is 13.0. The van der Waals surface area contributed by atoms with E-state index in [1.165, 1.54) is 18.2 Å². The van der Waals surface area contributed by atoms with Gasteiger partial charge in [0.25, 0.3) is 0 Å². The standard InChI is InChI=1S/C11H13FN2O/c1-7(8(2)15)14-10-3-4-11(12)9(5-10)6-13/h3-5,7-8,14-15H,1-2H3. The maximum absolute atomic E-state index is 13.0. The highest BCUT2D eigenvalue weighted by atomic mass is 19.1. The highest BCUT2D eigenvalue weighted by molar-refractivity contribution is 5.50. The van der Waals surface area contributed by atoms with Gasteiger partial charge in [-0.3, -0.25) is 0 Å². The molecule has 1 aromatic rings. The summed E-state index contributed by atoms with van der Waals surface area (Å²) in [5, 5.41) is 20.9. The molecule has 0 aliphatic carbocycles. The second kappa shape index (κ2) is 4.76. The van der Waals surface area contributed by atoms with E-state index in [1.54, 1.807) is 19.9 Å². The molecule has 0 aliphatic heterocycles. The second-order valence-corrected chi connectivity index (χ2v) is 3.48. The van der Waals surface area contributed by atoms with E-state index in [0.29, 0.717) is 5.69 Å². The molecular formula is C11H13FN2O. The smallest absolute Gasteiger partial charge is 0.141 e. The van der Waals surface area contributed by atoms with Crippen molar-refractivity contribution in [3.8, 4) is 6.07 Å². The summed E-state index contributed by atoms with van der Waals surface area (Å²) in [6.45, 7) is 3.46. The fourth-order valence-electron chi connectivity index (χ4n) is 1.08. The van der Waals surface area contributed by atoms with Crippen molar-refractivity contribution in [2.45, 2.75) is 26.0 Å². The Hall–Kier alpha value is -1.60. The molecule has 0 saturated carbocycles.